The van der Waals surface area contributed by atoms with E-state index in [0.29, 0.717) is 32.2 Å². The van der Waals surface area contributed by atoms with Crippen LogP contribution in [0.4, 0.5) is 0 Å². The van der Waals surface area contributed by atoms with Gasteiger partial charge in [-0.3, -0.25) is 19.4 Å². The van der Waals surface area contributed by atoms with E-state index in [1.54, 1.807) is 0 Å². The van der Waals surface area contributed by atoms with E-state index in [-0.39, 0.29) is 29.8 Å². The Balaban J connectivity index is 1.28. The van der Waals surface area contributed by atoms with Crippen LogP contribution in [0.5, 0.6) is 5.75 Å². The molecule has 4 heterocycles. The summed E-state index contributed by atoms with van der Waals surface area (Å²) in [5.41, 5.74) is 0.304. The Morgan fingerprint density at radius 1 is 1.14 bits per heavy atom. The second-order valence-electron chi connectivity index (χ2n) is 12.2. The van der Waals surface area contributed by atoms with Gasteiger partial charge in [0.2, 0.25) is 5.91 Å². The Hall–Kier alpha value is -2.16. The maximum Gasteiger partial charge on any atom is 0.303 e. The van der Waals surface area contributed by atoms with E-state index in [4.69, 9.17) is 9.47 Å². The lowest BCUT2D eigenvalue weighted by molar-refractivity contribution is -0.185. The number of aliphatic carboxylic acids is 1. The average Bonchev–Trinajstić information content (AvgIpc) is 2.88. The van der Waals surface area contributed by atoms with E-state index in [1.165, 1.54) is 0 Å². The molecule has 0 aromatic heterocycles. The van der Waals surface area contributed by atoms with Gasteiger partial charge in [0.05, 0.1) is 19.3 Å². The number of fused-ring (bicyclic) bond motifs is 3. The van der Waals surface area contributed by atoms with Gasteiger partial charge in [-0.05, 0) is 52.5 Å². The fourth-order valence-electron chi connectivity index (χ4n) is 7.02. The Morgan fingerprint density at radius 2 is 1.89 bits per heavy atom. The summed E-state index contributed by atoms with van der Waals surface area (Å²) in [7, 11) is 0. The van der Waals surface area contributed by atoms with Crippen LogP contribution in [-0.2, 0) is 14.3 Å². The zero-order chi connectivity index (χ0) is 26.2. The maximum absolute atomic E-state index is 13.4. The molecule has 0 radical (unpaired) electrons. The van der Waals surface area contributed by atoms with Crippen molar-refractivity contribution in [3.05, 3.63) is 29.8 Å². The van der Waals surface area contributed by atoms with Crippen LogP contribution in [0.3, 0.4) is 0 Å². The highest BCUT2D eigenvalue weighted by Crippen LogP contribution is 2.56. The van der Waals surface area contributed by atoms with Crippen LogP contribution in [0.15, 0.2) is 24.3 Å². The van der Waals surface area contributed by atoms with Gasteiger partial charge >= 0.3 is 5.97 Å². The fourth-order valence-corrected chi connectivity index (χ4v) is 7.02. The van der Waals surface area contributed by atoms with Gasteiger partial charge in [-0.15, -0.1) is 0 Å². The molecule has 5 rings (SSSR count). The predicted octanol–water partition coefficient (Wildman–Crippen LogP) is 3.41. The van der Waals surface area contributed by atoms with Gasteiger partial charge in [-0.25, -0.2) is 0 Å². The van der Waals surface area contributed by atoms with Crippen molar-refractivity contribution in [2.24, 2.45) is 11.3 Å². The maximum atomic E-state index is 13.4. The van der Waals surface area contributed by atoms with Crippen LogP contribution in [0.25, 0.3) is 0 Å². The number of nitrogens with zero attached hydrogens (tertiary/aromatic N) is 3. The molecule has 204 valence electrons. The first-order chi connectivity index (χ1) is 17.7. The molecule has 1 spiro atoms. The topological polar surface area (TPSA) is 82.5 Å². The number of carbonyl (C=O) groups is 2. The first kappa shape index (κ1) is 26.4. The Kier molecular flexibility index (Phi) is 7.53. The van der Waals surface area contributed by atoms with E-state index in [0.717, 1.165) is 63.3 Å². The van der Waals surface area contributed by atoms with Gasteiger partial charge in [0.25, 0.3) is 0 Å². The zero-order valence-corrected chi connectivity index (χ0v) is 22.7. The molecule has 37 heavy (non-hydrogen) atoms. The zero-order valence-electron chi connectivity index (χ0n) is 22.7. The van der Waals surface area contributed by atoms with E-state index in [2.05, 4.69) is 41.5 Å². The standard InChI is InChI=1S/C29H43N3O5/c1-21(2)31-15-13-30(14-16-31)18-25(33)32-12-6-10-29(19-32)17-23-27(36-20-29)22-7-4-5-8-24(22)37-28(23,3)11-9-26(34)35/h4-5,7-8,21,23,27H,6,9-20H2,1-3H3,(H,34,35)/t23-,27+,28-,29-/m1/s1. The Morgan fingerprint density at radius 3 is 2.62 bits per heavy atom. The third-order valence-electron chi connectivity index (χ3n) is 9.29. The summed E-state index contributed by atoms with van der Waals surface area (Å²) >= 11 is 0. The van der Waals surface area contributed by atoms with Crippen LogP contribution in [-0.4, -0.2) is 95.7 Å². The number of rotatable bonds is 6. The van der Waals surface area contributed by atoms with Gasteiger partial charge in [0, 0.05) is 68.6 Å². The number of carboxylic acids is 1. The molecule has 1 N–H and O–H groups in total. The quantitative estimate of drug-likeness (QED) is 0.624. The van der Waals surface area contributed by atoms with Gasteiger partial charge in [-0.1, -0.05) is 18.2 Å². The highest BCUT2D eigenvalue weighted by atomic mass is 16.5. The summed E-state index contributed by atoms with van der Waals surface area (Å²) < 4.78 is 13.2. The first-order valence-electron chi connectivity index (χ1n) is 14.0. The van der Waals surface area contributed by atoms with Crippen molar-refractivity contribution >= 4 is 11.9 Å². The minimum absolute atomic E-state index is 0.0367. The highest BCUT2D eigenvalue weighted by molar-refractivity contribution is 5.78. The number of likely N-dealkylation sites (tertiary alicyclic amines) is 1. The molecular formula is C29H43N3O5. The minimum atomic E-state index is -0.810. The third-order valence-corrected chi connectivity index (χ3v) is 9.29. The number of carbonyl (C=O) groups excluding carboxylic acids is 1. The molecule has 8 heteroatoms. The van der Waals surface area contributed by atoms with Gasteiger partial charge in [-0.2, -0.15) is 0 Å². The lowest BCUT2D eigenvalue weighted by Gasteiger charge is -2.55. The normalized spacial score (nSPS) is 32.6. The molecule has 1 aromatic rings. The van der Waals surface area contributed by atoms with Crippen molar-refractivity contribution in [2.45, 2.75) is 70.6 Å². The van der Waals surface area contributed by atoms with Crippen LogP contribution in [0.1, 0.15) is 64.5 Å². The Labute approximate surface area is 220 Å². The summed E-state index contributed by atoms with van der Waals surface area (Å²) in [6.45, 7) is 13.0. The number of piperazine rings is 1. The van der Waals surface area contributed by atoms with Crippen LogP contribution < -0.4 is 4.74 Å². The SMILES string of the molecule is CC(C)N1CCN(CC(=O)N2CCC[C@]3(CO[C@H]4c5ccccc5O[C@](C)(CCC(=O)O)[C@@H]4C3)C2)CC1. The Bertz CT molecular complexity index is 994. The molecule has 0 aliphatic carbocycles. The monoisotopic (exact) mass is 513 g/mol. The van der Waals surface area contributed by atoms with Gasteiger partial charge in [0.1, 0.15) is 11.4 Å². The predicted molar refractivity (Wildman–Crippen MR) is 141 cm³/mol. The molecule has 8 nitrogen and oxygen atoms in total. The van der Waals surface area contributed by atoms with Gasteiger partial charge in [0.15, 0.2) is 0 Å². The average molecular weight is 514 g/mol. The van der Waals surface area contributed by atoms with Crippen LogP contribution in [0, 0.1) is 11.3 Å². The summed E-state index contributed by atoms with van der Waals surface area (Å²) in [5.74, 6) is 0.244. The van der Waals surface area contributed by atoms with Crippen LogP contribution in [0.2, 0.25) is 0 Å². The summed E-state index contributed by atoms with van der Waals surface area (Å²) in [6.07, 6.45) is 3.24. The van der Waals surface area contributed by atoms with Crippen molar-refractivity contribution in [1.29, 1.82) is 0 Å². The number of carboxylic acid groups (broad SMARTS) is 1. The molecule has 4 atom stereocenters. The summed E-state index contributed by atoms with van der Waals surface area (Å²) in [6, 6.07) is 8.54. The largest absolute Gasteiger partial charge is 0.487 e. The molecule has 0 unspecified atom stereocenters. The van der Waals surface area contributed by atoms with E-state index in [1.807, 2.05) is 18.2 Å². The summed E-state index contributed by atoms with van der Waals surface area (Å²) in [4.78, 5) is 31.7. The van der Waals surface area contributed by atoms with Crippen LogP contribution >= 0.6 is 0 Å². The molecule has 0 saturated carbocycles. The smallest absolute Gasteiger partial charge is 0.303 e. The van der Waals surface area contributed by atoms with Crippen molar-refractivity contribution in [3.63, 3.8) is 0 Å². The van der Waals surface area contributed by atoms with Crippen molar-refractivity contribution in [3.8, 4) is 5.75 Å². The third kappa shape index (κ3) is 5.52. The summed E-state index contributed by atoms with van der Waals surface area (Å²) in [5, 5.41) is 9.43. The van der Waals surface area contributed by atoms with Gasteiger partial charge < -0.3 is 19.5 Å². The number of benzene rings is 1. The number of para-hydroxylation sites is 1. The molecule has 1 aromatic carbocycles. The molecule has 3 saturated heterocycles. The molecule has 0 bridgehead atoms. The highest BCUT2D eigenvalue weighted by Gasteiger charge is 2.55. The number of hydrogen-bond acceptors (Lipinski definition) is 6. The first-order valence-corrected chi connectivity index (χ1v) is 14.0. The molecule has 4 aliphatic heterocycles. The number of hydrogen-bond donors (Lipinski definition) is 1. The fraction of sp³-hybridized carbons (Fsp3) is 0.724. The van der Waals surface area contributed by atoms with E-state index < -0.39 is 11.6 Å². The lowest BCUT2D eigenvalue weighted by Crippen LogP contribution is -2.58. The van der Waals surface area contributed by atoms with Crippen molar-refractivity contribution in [2.75, 3.05) is 52.4 Å². The second kappa shape index (κ2) is 10.5. The molecule has 1 amide bonds. The molecule has 4 aliphatic rings. The van der Waals surface area contributed by atoms with E-state index >= 15 is 0 Å². The lowest BCUT2D eigenvalue weighted by atomic mass is 9.64. The van der Waals surface area contributed by atoms with E-state index in [9.17, 15) is 14.7 Å². The number of ether oxygens (including phenoxy) is 2. The second-order valence-corrected chi connectivity index (χ2v) is 12.2. The molecule has 3 fully saturated rings. The van der Waals surface area contributed by atoms with Crippen molar-refractivity contribution < 1.29 is 24.2 Å². The molecular weight excluding hydrogens is 470 g/mol. The number of amides is 1. The van der Waals surface area contributed by atoms with Crippen molar-refractivity contribution in [1.82, 2.24) is 14.7 Å². The number of piperidine rings is 1. The minimum Gasteiger partial charge on any atom is -0.487 e.